The summed E-state index contributed by atoms with van der Waals surface area (Å²) in [4.78, 5) is 19.1. The third-order valence-corrected chi connectivity index (χ3v) is 5.65. The van der Waals surface area contributed by atoms with Crippen LogP contribution >= 0.6 is 11.3 Å². The average Bonchev–Trinajstić information content (AvgIpc) is 2.93. The number of carbonyl (C=O) groups excluding carboxylic acids is 1. The fourth-order valence-corrected chi connectivity index (χ4v) is 4.26. The molecule has 3 rings (SSSR count). The topological polar surface area (TPSA) is 45.2 Å². The maximum absolute atomic E-state index is 12.7. The molecule has 1 amide bonds. The SMILES string of the molecule is Cc1nc2ccc(N[C@H](C)C(=O)N(C)C3CCCCC3)cc2s1. The third kappa shape index (κ3) is 3.66. The number of carbonyl (C=O) groups is 1. The minimum absolute atomic E-state index is 0.178. The molecule has 124 valence electrons. The lowest BCUT2D eigenvalue weighted by atomic mass is 9.94. The molecular weight excluding hydrogens is 306 g/mol. The summed E-state index contributed by atoms with van der Waals surface area (Å²) in [6.45, 7) is 3.97. The highest BCUT2D eigenvalue weighted by atomic mass is 32.1. The first kappa shape index (κ1) is 16.2. The summed E-state index contributed by atoms with van der Waals surface area (Å²) in [5.41, 5.74) is 2.01. The van der Waals surface area contributed by atoms with Gasteiger partial charge in [0.25, 0.3) is 0 Å². The highest BCUT2D eigenvalue weighted by Crippen LogP contribution is 2.26. The lowest BCUT2D eigenvalue weighted by Gasteiger charge is -2.33. The van der Waals surface area contributed by atoms with E-state index in [0.717, 1.165) is 33.8 Å². The first-order valence-electron chi connectivity index (χ1n) is 8.45. The van der Waals surface area contributed by atoms with Gasteiger partial charge in [0.1, 0.15) is 6.04 Å². The van der Waals surface area contributed by atoms with Gasteiger partial charge in [0.15, 0.2) is 0 Å². The highest BCUT2D eigenvalue weighted by Gasteiger charge is 2.25. The number of aromatic nitrogens is 1. The molecule has 1 aliphatic carbocycles. The van der Waals surface area contributed by atoms with E-state index in [1.807, 2.05) is 37.9 Å². The molecule has 23 heavy (non-hydrogen) atoms. The predicted molar refractivity (Wildman–Crippen MR) is 97.1 cm³/mol. The van der Waals surface area contributed by atoms with Crippen LogP contribution in [0.25, 0.3) is 10.2 Å². The fraction of sp³-hybridized carbons (Fsp3) is 0.556. The van der Waals surface area contributed by atoms with Gasteiger partial charge < -0.3 is 10.2 Å². The van der Waals surface area contributed by atoms with Gasteiger partial charge in [-0.05, 0) is 44.9 Å². The Kier molecular flexibility index (Phi) is 4.85. The smallest absolute Gasteiger partial charge is 0.244 e. The van der Waals surface area contributed by atoms with Crippen LogP contribution < -0.4 is 5.32 Å². The monoisotopic (exact) mass is 331 g/mol. The summed E-state index contributed by atoms with van der Waals surface area (Å²) in [7, 11) is 1.95. The molecule has 1 aromatic heterocycles. The molecule has 0 bridgehead atoms. The zero-order valence-electron chi connectivity index (χ0n) is 14.1. The number of hydrogen-bond donors (Lipinski definition) is 1. The van der Waals surface area contributed by atoms with Crippen molar-refractivity contribution in [2.75, 3.05) is 12.4 Å². The van der Waals surface area contributed by atoms with Crippen molar-refractivity contribution >= 4 is 33.1 Å². The van der Waals surface area contributed by atoms with Crippen molar-refractivity contribution in [1.82, 2.24) is 9.88 Å². The zero-order chi connectivity index (χ0) is 16.4. The molecule has 0 unspecified atom stereocenters. The molecular formula is C18H25N3OS. The minimum atomic E-state index is -0.214. The first-order valence-corrected chi connectivity index (χ1v) is 9.26. The van der Waals surface area contributed by atoms with Crippen LogP contribution in [0.5, 0.6) is 0 Å². The van der Waals surface area contributed by atoms with Crippen LogP contribution in [0.2, 0.25) is 0 Å². The van der Waals surface area contributed by atoms with E-state index in [4.69, 9.17) is 0 Å². The van der Waals surface area contributed by atoms with E-state index in [-0.39, 0.29) is 11.9 Å². The van der Waals surface area contributed by atoms with Crippen LogP contribution in [-0.2, 0) is 4.79 Å². The van der Waals surface area contributed by atoms with Crippen molar-refractivity contribution in [2.45, 2.75) is 58.0 Å². The van der Waals surface area contributed by atoms with Crippen molar-refractivity contribution in [3.63, 3.8) is 0 Å². The Morgan fingerprint density at radius 1 is 1.35 bits per heavy atom. The summed E-state index contributed by atoms with van der Waals surface area (Å²) >= 11 is 1.68. The molecule has 1 saturated carbocycles. The second-order valence-corrected chi connectivity index (χ2v) is 7.76. The molecule has 4 nitrogen and oxygen atoms in total. The van der Waals surface area contributed by atoms with Gasteiger partial charge in [0, 0.05) is 18.8 Å². The number of amides is 1. The van der Waals surface area contributed by atoms with Gasteiger partial charge in [-0.1, -0.05) is 19.3 Å². The number of rotatable bonds is 4. The normalized spacial score (nSPS) is 17.2. The summed E-state index contributed by atoms with van der Waals surface area (Å²) < 4.78 is 1.16. The molecule has 1 N–H and O–H groups in total. The van der Waals surface area contributed by atoms with E-state index in [1.165, 1.54) is 19.3 Å². The van der Waals surface area contributed by atoms with Gasteiger partial charge >= 0.3 is 0 Å². The van der Waals surface area contributed by atoms with Crippen LogP contribution in [-0.4, -0.2) is 34.9 Å². The van der Waals surface area contributed by atoms with E-state index in [0.29, 0.717) is 6.04 Å². The Labute approximate surface area is 141 Å². The Hall–Kier alpha value is -1.62. The summed E-state index contributed by atoms with van der Waals surface area (Å²) in [5.74, 6) is 0.178. The van der Waals surface area contributed by atoms with E-state index in [9.17, 15) is 4.79 Å². The van der Waals surface area contributed by atoms with E-state index >= 15 is 0 Å². The number of aryl methyl sites for hydroxylation is 1. The molecule has 0 spiro atoms. The molecule has 1 aliphatic rings. The lowest BCUT2D eigenvalue weighted by molar-refractivity contribution is -0.133. The quantitative estimate of drug-likeness (QED) is 0.913. The van der Waals surface area contributed by atoms with Crippen LogP contribution in [0.4, 0.5) is 5.69 Å². The largest absolute Gasteiger partial charge is 0.374 e. The Bertz CT molecular complexity index is 691. The standard InChI is InChI=1S/C18H25N3OS/c1-12(18(22)21(3)15-7-5-4-6-8-15)19-14-9-10-16-17(11-14)23-13(2)20-16/h9-12,15,19H,4-8H2,1-3H3/t12-/m1/s1. The number of anilines is 1. The van der Waals surface area contributed by atoms with Crippen molar-refractivity contribution in [3.05, 3.63) is 23.2 Å². The zero-order valence-corrected chi connectivity index (χ0v) is 14.9. The van der Waals surface area contributed by atoms with Crippen molar-refractivity contribution in [2.24, 2.45) is 0 Å². The van der Waals surface area contributed by atoms with Crippen molar-refractivity contribution in [3.8, 4) is 0 Å². The number of nitrogens with one attached hydrogen (secondary N) is 1. The molecule has 1 heterocycles. The van der Waals surface area contributed by atoms with E-state index in [1.54, 1.807) is 11.3 Å². The van der Waals surface area contributed by atoms with E-state index in [2.05, 4.69) is 16.4 Å². The predicted octanol–water partition coefficient (Wildman–Crippen LogP) is 4.20. The molecule has 0 radical (unpaired) electrons. The maximum Gasteiger partial charge on any atom is 0.244 e. The Balaban J connectivity index is 1.66. The maximum atomic E-state index is 12.7. The number of likely N-dealkylation sites (N-methyl/N-ethyl adjacent to an activating group) is 1. The number of thiazole rings is 1. The van der Waals surface area contributed by atoms with Crippen LogP contribution in [0.1, 0.15) is 44.0 Å². The fourth-order valence-electron chi connectivity index (χ4n) is 3.40. The third-order valence-electron chi connectivity index (χ3n) is 4.72. The van der Waals surface area contributed by atoms with Gasteiger partial charge in [0.2, 0.25) is 5.91 Å². The first-order chi connectivity index (χ1) is 11.0. The molecule has 5 heteroatoms. The molecule has 2 aromatic rings. The Morgan fingerprint density at radius 3 is 2.83 bits per heavy atom. The minimum Gasteiger partial charge on any atom is -0.374 e. The second kappa shape index (κ2) is 6.87. The lowest BCUT2D eigenvalue weighted by Crippen LogP contribution is -2.45. The van der Waals surface area contributed by atoms with Crippen molar-refractivity contribution in [1.29, 1.82) is 0 Å². The number of hydrogen-bond acceptors (Lipinski definition) is 4. The number of benzene rings is 1. The van der Waals surface area contributed by atoms with Crippen LogP contribution in [0.15, 0.2) is 18.2 Å². The van der Waals surface area contributed by atoms with E-state index < -0.39 is 0 Å². The van der Waals surface area contributed by atoms with Gasteiger partial charge in [-0.25, -0.2) is 4.98 Å². The van der Waals surface area contributed by atoms with Gasteiger partial charge in [-0.2, -0.15) is 0 Å². The average molecular weight is 331 g/mol. The number of fused-ring (bicyclic) bond motifs is 1. The molecule has 1 atom stereocenters. The molecule has 1 aromatic carbocycles. The van der Waals surface area contributed by atoms with Crippen LogP contribution in [0, 0.1) is 6.92 Å². The summed E-state index contributed by atoms with van der Waals surface area (Å²) in [6.07, 6.45) is 6.07. The van der Waals surface area contributed by atoms with Gasteiger partial charge in [-0.15, -0.1) is 11.3 Å². The Morgan fingerprint density at radius 2 is 2.09 bits per heavy atom. The second-order valence-electron chi connectivity index (χ2n) is 6.52. The highest BCUT2D eigenvalue weighted by molar-refractivity contribution is 7.18. The molecule has 0 saturated heterocycles. The summed E-state index contributed by atoms with van der Waals surface area (Å²) in [5, 5.41) is 4.42. The van der Waals surface area contributed by atoms with Crippen molar-refractivity contribution < 1.29 is 4.79 Å². The molecule has 1 fully saturated rings. The summed E-state index contributed by atoms with van der Waals surface area (Å²) in [6, 6.07) is 6.31. The number of nitrogens with zero attached hydrogens (tertiary/aromatic N) is 2. The van der Waals surface area contributed by atoms with Gasteiger partial charge in [0.05, 0.1) is 15.2 Å². The van der Waals surface area contributed by atoms with Gasteiger partial charge in [-0.3, -0.25) is 4.79 Å². The van der Waals surface area contributed by atoms with Crippen LogP contribution in [0.3, 0.4) is 0 Å². The molecule has 0 aliphatic heterocycles.